The molecule has 2 aromatic rings. The monoisotopic (exact) mass is 330 g/mol. The topological polar surface area (TPSA) is 97.0 Å². The van der Waals surface area contributed by atoms with E-state index in [0.29, 0.717) is 30.0 Å². The lowest BCUT2D eigenvalue weighted by atomic mass is 9.98. The first-order valence-electron chi connectivity index (χ1n) is 8.29. The van der Waals surface area contributed by atoms with Gasteiger partial charge in [-0.15, -0.1) is 0 Å². The van der Waals surface area contributed by atoms with Crippen LogP contribution >= 0.6 is 0 Å². The molecular weight excluding hydrogens is 308 g/mol. The number of amides is 1. The van der Waals surface area contributed by atoms with Crippen LogP contribution in [-0.2, 0) is 11.3 Å². The van der Waals surface area contributed by atoms with Gasteiger partial charge in [-0.05, 0) is 38.9 Å². The van der Waals surface area contributed by atoms with Crippen molar-refractivity contribution in [2.75, 3.05) is 13.6 Å². The van der Waals surface area contributed by atoms with Crippen molar-refractivity contribution in [2.45, 2.75) is 44.7 Å². The van der Waals surface area contributed by atoms with Crippen LogP contribution in [0, 0.1) is 0 Å². The lowest BCUT2D eigenvalue weighted by molar-refractivity contribution is -0.121. The number of piperidine rings is 1. The molecule has 1 aliphatic heterocycles. The third-order valence-electron chi connectivity index (χ3n) is 4.30. The summed E-state index contributed by atoms with van der Waals surface area (Å²) >= 11 is 0. The predicted octanol–water partition coefficient (Wildman–Crippen LogP) is 1.41. The van der Waals surface area contributed by atoms with Crippen molar-refractivity contribution in [1.29, 1.82) is 0 Å². The Kier molecular flexibility index (Phi) is 5.47. The minimum Gasteiger partial charge on any atom is -0.347 e. The molecular formula is C16H22N6O2. The summed E-state index contributed by atoms with van der Waals surface area (Å²) in [5.41, 5.74) is 0. The first-order chi connectivity index (χ1) is 11.7. The van der Waals surface area contributed by atoms with E-state index in [1.807, 2.05) is 0 Å². The molecule has 8 heteroatoms. The van der Waals surface area contributed by atoms with Crippen LogP contribution in [0.3, 0.4) is 0 Å². The number of hydrogen-bond acceptors (Lipinski definition) is 7. The second-order valence-electron chi connectivity index (χ2n) is 6.03. The average molecular weight is 330 g/mol. The summed E-state index contributed by atoms with van der Waals surface area (Å²) in [5.74, 6) is 1.08. The molecule has 0 spiro atoms. The smallest absolute Gasteiger partial charge is 0.246 e. The van der Waals surface area contributed by atoms with Gasteiger partial charge in [-0.25, -0.2) is 9.97 Å². The number of aromatic nitrogens is 4. The van der Waals surface area contributed by atoms with Gasteiger partial charge in [0, 0.05) is 24.9 Å². The maximum absolute atomic E-state index is 12.0. The van der Waals surface area contributed by atoms with Gasteiger partial charge in [-0.1, -0.05) is 11.6 Å². The Balaban J connectivity index is 1.44. The van der Waals surface area contributed by atoms with Gasteiger partial charge in [0.05, 0.1) is 6.54 Å². The van der Waals surface area contributed by atoms with Crippen LogP contribution in [0.1, 0.15) is 38.0 Å². The Morgan fingerprint density at radius 2 is 2.17 bits per heavy atom. The van der Waals surface area contributed by atoms with E-state index in [2.05, 4.69) is 37.4 Å². The number of nitrogens with zero attached hydrogens (tertiary/aromatic N) is 5. The molecule has 2 aromatic heterocycles. The van der Waals surface area contributed by atoms with Crippen molar-refractivity contribution in [3.05, 3.63) is 24.4 Å². The zero-order valence-electron chi connectivity index (χ0n) is 13.8. The molecule has 3 rings (SSSR count). The Hall–Kier alpha value is -2.35. The summed E-state index contributed by atoms with van der Waals surface area (Å²) in [6.07, 6.45) is 8.30. The zero-order chi connectivity index (χ0) is 16.8. The lowest BCUT2D eigenvalue weighted by Gasteiger charge is -2.32. The van der Waals surface area contributed by atoms with Crippen LogP contribution < -0.4 is 5.32 Å². The summed E-state index contributed by atoms with van der Waals surface area (Å²) in [4.78, 5) is 26.7. The standard InChI is InChI=1S/C16H22N6O2/c1-22-10-3-2-5-12(22)6-7-13(23)19-11-14-20-16(21-24-14)15-17-8-4-9-18-15/h4,8-9,12H,2-3,5-7,10-11H2,1H3,(H,19,23). The molecule has 8 nitrogen and oxygen atoms in total. The molecule has 1 unspecified atom stereocenters. The molecule has 1 atom stereocenters. The Bertz CT molecular complexity index is 660. The number of nitrogens with one attached hydrogen (secondary N) is 1. The van der Waals surface area contributed by atoms with E-state index in [9.17, 15) is 4.79 Å². The summed E-state index contributed by atoms with van der Waals surface area (Å²) in [6, 6.07) is 2.23. The molecule has 1 amide bonds. The maximum Gasteiger partial charge on any atom is 0.246 e. The molecule has 3 heterocycles. The van der Waals surface area contributed by atoms with Gasteiger partial charge in [0.15, 0.2) is 0 Å². The van der Waals surface area contributed by atoms with Crippen molar-refractivity contribution >= 4 is 5.91 Å². The zero-order valence-corrected chi connectivity index (χ0v) is 13.8. The normalized spacial score (nSPS) is 18.5. The fourth-order valence-corrected chi connectivity index (χ4v) is 2.90. The third-order valence-corrected chi connectivity index (χ3v) is 4.30. The second kappa shape index (κ2) is 7.96. The van der Waals surface area contributed by atoms with E-state index in [1.54, 1.807) is 18.5 Å². The van der Waals surface area contributed by atoms with Gasteiger partial charge >= 0.3 is 0 Å². The molecule has 1 fully saturated rings. The largest absolute Gasteiger partial charge is 0.347 e. The van der Waals surface area contributed by atoms with Gasteiger partial charge in [0.1, 0.15) is 0 Å². The Morgan fingerprint density at radius 3 is 2.96 bits per heavy atom. The molecule has 0 aromatic carbocycles. The molecule has 0 bridgehead atoms. The number of carbonyl (C=O) groups excluding carboxylic acids is 1. The fourth-order valence-electron chi connectivity index (χ4n) is 2.90. The average Bonchev–Trinajstić information content (AvgIpc) is 3.09. The highest BCUT2D eigenvalue weighted by Crippen LogP contribution is 2.18. The summed E-state index contributed by atoms with van der Waals surface area (Å²) < 4.78 is 5.12. The lowest BCUT2D eigenvalue weighted by Crippen LogP contribution is -2.37. The molecule has 1 aliphatic rings. The van der Waals surface area contributed by atoms with E-state index in [0.717, 1.165) is 13.0 Å². The molecule has 128 valence electrons. The summed E-state index contributed by atoms with van der Waals surface area (Å²) in [7, 11) is 2.13. The van der Waals surface area contributed by atoms with E-state index < -0.39 is 0 Å². The van der Waals surface area contributed by atoms with Crippen LogP contribution in [0.4, 0.5) is 0 Å². The first kappa shape index (κ1) is 16.5. The number of likely N-dealkylation sites (tertiary alicyclic amines) is 1. The highest BCUT2D eigenvalue weighted by atomic mass is 16.5. The molecule has 1 saturated heterocycles. The predicted molar refractivity (Wildman–Crippen MR) is 86.7 cm³/mol. The fraction of sp³-hybridized carbons (Fsp3) is 0.562. The van der Waals surface area contributed by atoms with Crippen LogP contribution in [0.25, 0.3) is 11.6 Å². The van der Waals surface area contributed by atoms with Gasteiger partial charge in [-0.3, -0.25) is 4.79 Å². The van der Waals surface area contributed by atoms with Gasteiger partial charge < -0.3 is 14.7 Å². The van der Waals surface area contributed by atoms with Crippen molar-refractivity contribution in [2.24, 2.45) is 0 Å². The summed E-state index contributed by atoms with van der Waals surface area (Å²) in [5, 5.41) is 6.65. The van der Waals surface area contributed by atoms with Crippen LogP contribution in [0.2, 0.25) is 0 Å². The molecule has 24 heavy (non-hydrogen) atoms. The Morgan fingerprint density at radius 1 is 1.33 bits per heavy atom. The van der Waals surface area contributed by atoms with E-state index in [4.69, 9.17) is 4.52 Å². The van der Waals surface area contributed by atoms with Gasteiger partial charge in [0.25, 0.3) is 0 Å². The number of carbonyl (C=O) groups is 1. The van der Waals surface area contributed by atoms with Crippen molar-refractivity contribution in [3.63, 3.8) is 0 Å². The van der Waals surface area contributed by atoms with Crippen LogP contribution in [-0.4, -0.2) is 50.5 Å². The van der Waals surface area contributed by atoms with Gasteiger partial charge in [-0.2, -0.15) is 4.98 Å². The van der Waals surface area contributed by atoms with Crippen molar-refractivity contribution in [3.8, 4) is 11.6 Å². The highest BCUT2D eigenvalue weighted by Gasteiger charge is 2.19. The van der Waals surface area contributed by atoms with Crippen LogP contribution in [0.15, 0.2) is 23.0 Å². The number of rotatable bonds is 6. The molecule has 0 aliphatic carbocycles. The first-order valence-corrected chi connectivity index (χ1v) is 8.29. The van der Waals surface area contributed by atoms with Gasteiger partial charge in [0.2, 0.25) is 23.4 Å². The SMILES string of the molecule is CN1CCCCC1CCC(=O)NCc1nc(-c2ncccn2)no1. The van der Waals surface area contributed by atoms with E-state index in [1.165, 1.54) is 19.3 Å². The molecule has 0 saturated carbocycles. The second-order valence-corrected chi connectivity index (χ2v) is 6.03. The quantitative estimate of drug-likeness (QED) is 0.855. The van der Waals surface area contributed by atoms with Crippen molar-refractivity contribution in [1.82, 2.24) is 30.3 Å². The van der Waals surface area contributed by atoms with E-state index in [-0.39, 0.29) is 12.5 Å². The Labute approximate surface area is 140 Å². The molecule has 0 radical (unpaired) electrons. The van der Waals surface area contributed by atoms with E-state index >= 15 is 0 Å². The third kappa shape index (κ3) is 4.35. The van der Waals surface area contributed by atoms with Crippen LogP contribution in [0.5, 0.6) is 0 Å². The van der Waals surface area contributed by atoms with Crippen molar-refractivity contribution < 1.29 is 9.32 Å². The molecule has 1 N–H and O–H groups in total. The highest BCUT2D eigenvalue weighted by molar-refractivity contribution is 5.75. The number of hydrogen-bond donors (Lipinski definition) is 1. The minimum absolute atomic E-state index is 0.00434. The summed E-state index contributed by atoms with van der Waals surface area (Å²) in [6.45, 7) is 1.35. The maximum atomic E-state index is 12.0. The minimum atomic E-state index is 0.00434.